The Morgan fingerprint density at radius 2 is 2.12 bits per heavy atom. The fourth-order valence-electron chi connectivity index (χ4n) is 2.96. The molecule has 24 heavy (non-hydrogen) atoms. The summed E-state index contributed by atoms with van der Waals surface area (Å²) in [4.78, 5) is 14.2. The van der Waals surface area contributed by atoms with Gasteiger partial charge in [-0.05, 0) is 49.2 Å². The molecular weight excluding hydrogens is 347 g/mol. The number of carbonyl (C=O) groups is 1. The monoisotopic (exact) mass is 366 g/mol. The molecule has 0 saturated carbocycles. The molecule has 5 nitrogen and oxygen atoms in total. The Kier molecular flexibility index (Phi) is 5.43. The van der Waals surface area contributed by atoms with Gasteiger partial charge in [-0.25, -0.2) is 0 Å². The summed E-state index contributed by atoms with van der Waals surface area (Å²) in [5.74, 6) is -0.117. The number of carbonyl (C=O) groups excluding carboxylic acids is 1. The Morgan fingerprint density at radius 1 is 1.38 bits per heavy atom. The first-order valence-corrected chi connectivity index (χ1v) is 8.75. The predicted octanol–water partition coefficient (Wildman–Crippen LogP) is 3.39. The van der Waals surface area contributed by atoms with Crippen LogP contribution in [0.5, 0.6) is 0 Å². The molecule has 1 aliphatic rings. The van der Waals surface area contributed by atoms with Crippen molar-refractivity contribution >= 4 is 29.1 Å². The van der Waals surface area contributed by atoms with Gasteiger partial charge in [0.05, 0.1) is 6.04 Å². The lowest BCUT2D eigenvalue weighted by Gasteiger charge is -2.23. The van der Waals surface area contributed by atoms with Crippen LogP contribution in [0.4, 0.5) is 0 Å². The third-order valence-electron chi connectivity index (χ3n) is 4.16. The first kappa shape index (κ1) is 17.3. The highest BCUT2D eigenvalue weighted by Gasteiger charge is 2.19. The number of nitrogens with one attached hydrogen (secondary N) is 1. The van der Waals surface area contributed by atoms with E-state index in [-0.39, 0.29) is 5.91 Å². The lowest BCUT2D eigenvalue weighted by Crippen LogP contribution is -2.32. The average Bonchev–Trinajstić information content (AvgIpc) is 3.04. The van der Waals surface area contributed by atoms with E-state index in [1.54, 1.807) is 24.1 Å². The second-order valence-electron chi connectivity index (χ2n) is 6.12. The highest BCUT2D eigenvalue weighted by molar-refractivity contribution is 6.34. The van der Waals surface area contributed by atoms with Crippen LogP contribution in [0.25, 0.3) is 0 Å². The van der Waals surface area contributed by atoms with Crippen molar-refractivity contribution in [3.63, 3.8) is 0 Å². The van der Waals surface area contributed by atoms with Gasteiger partial charge in [0, 0.05) is 36.4 Å². The number of hydrogen-bond donors (Lipinski definition) is 1. The Morgan fingerprint density at radius 3 is 2.79 bits per heavy atom. The molecule has 128 valence electrons. The van der Waals surface area contributed by atoms with Gasteiger partial charge in [0.2, 0.25) is 0 Å². The van der Waals surface area contributed by atoms with E-state index in [0.29, 0.717) is 28.3 Å². The highest BCUT2D eigenvalue weighted by atomic mass is 35.5. The van der Waals surface area contributed by atoms with Gasteiger partial charge in [0.15, 0.2) is 0 Å². The Bertz CT molecular complexity index is 705. The Balaban J connectivity index is 1.68. The van der Waals surface area contributed by atoms with Crippen LogP contribution in [-0.4, -0.2) is 40.7 Å². The van der Waals surface area contributed by atoms with Crippen LogP contribution >= 0.6 is 23.2 Å². The van der Waals surface area contributed by atoms with Gasteiger partial charge in [-0.2, -0.15) is 5.10 Å². The average molecular weight is 367 g/mol. The first-order chi connectivity index (χ1) is 11.5. The zero-order valence-corrected chi connectivity index (χ0v) is 15.0. The SMILES string of the molecule is CN(Cc1cc(Cl)cc(Cl)c1)C(=O)c1ccn(C2CCCNC2)n1. The van der Waals surface area contributed by atoms with Gasteiger partial charge in [-0.1, -0.05) is 23.2 Å². The maximum Gasteiger partial charge on any atom is 0.274 e. The molecule has 1 aliphatic heterocycles. The van der Waals surface area contributed by atoms with Crippen LogP contribution in [-0.2, 0) is 6.54 Å². The number of piperidine rings is 1. The number of halogens is 2. The molecule has 0 bridgehead atoms. The van der Waals surface area contributed by atoms with Crippen LogP contribution in [0.15, 0.2) is 30.5 Å². The summed E-state index contributed by atoms with van der Waals surface area (Å²) in [5, 5.41) is 8.95. The van der Waals surface area contributed by atoms with Gasteiger partial charge >= 0.3 is 0 Å². The maximum atomic E-state index is 12.6. The molecule has 1 N–H and O–H groups in total. The van der Waals surface area contributed by atoms with E-state index in [1.165, 1.54) is 0 Å². The zero-order chi connectivity index (χ0) is 17.1. The van der Waals surface area contributed by atoms with E-state index in [9.17, 15) is 4.79 Å². The number of benzene rings is 1. The molecule has 2 aromatic rings. The second kappa shape index (κ2) is 7.55. The minimum Gasteiger partial charge on any atom is -0.336 e. The lowest BCUT2D eigenvalue weighted by atomic mass is 10.1. The van der Waals surface area contributed by atoms with Gasteiger partial charge in [0.1, 0.15) is 5.69 Å². The number of nitrogens with zero attached hydrogens (tertiary/aromatic N) is 3. The molecule has 1 unspecified atom stereocenters. The van der Waals surface area contributed by atoms with Crippen molar-refractivity contribution in [2.75, 3.05) is 20.1 Å². The second-order valence-corrected chi connectivity index (χ2v) is 6.99. The molecule has 2 heterocycles. The van der Waals surface area contributed by atoms with E-state index in [0.717, 1.165) is 31.5 Å². The molecule has 1 fully saturated rings. The Labute approximate surface area is 151 Å². The summed E-state index contributed by atoms with van der Waals surface area (Å²) in [7, 11) is 1.75. The molecule has 0 aliphatic carbocycles. The van der Waals surface area contributed by atoms with E-state index in [2.05, 4.69) is 10.4 Å². The summed E-state index contributed by atoms with van der Waals surface area (Å²) < 4.78 is 1.89. The van der Waals surface area contributed by atoms with E-state index < -0.39 is 0 Å². The van der Waals surface area contributed by atoms with Gasteiger partial charge < -0.3 is 10.2 Å². The summed E-state index contributed by atoms with van der Waals surface area (Å²) in [6, 6.07) is 7.39. The molecule has 0 radical (unpaired) electrons. The van der Waals surface area contributed by atoms with Crippen LogP contribution in [0.3, 0.4) is 0 Å². The van der Waals surface area contributed by atoms with Crippen LogP contribution in [0.2, 0.25) is 10.0 Å². The van der Waals surface area contributed by atoms with Crippen molar-refractivity contribution < 1.29 is 4.79 Å². The van der Waals surface area contributed by atoms with Crippen molar-refractivity contribution in [2.24, 2.45) is 0 Å². The van der Waals surface area contributed by atoms with Crippen molar-refractivity contribution in [2.45, 2.75) is 25.4 Å². The molecule has 1 aromatic heterocycles. The quantitative estimate of drug-likeness (QED) is 0.901. The minimum atomic E-state index is -0.117. The van der Waals surface area contributed by atoms with Crippen molar-refractivity contribution in [1.82, 2.24) is 20.0 Å². The number of rotatable bonds is 4. The fourth-order valence-corrected chi connectivity index (χ4v) is 3.53. The summed E-state index contributed by atoms with van der Waals surface area (Å²) in [5.41, 5.74) is 1.34. The molecule has 1 amide bonds. The van der Waals surface area contributed by atoms with Crippen molar-refractivity contribution in [1.29, 1.82) is 0 Å². The predicted molar refractivity (Wildman–Crippen MR) is 95.6 cm³/mol. The largest absolute Gasteiger partial charge is 0.336 e. The van der Waals surface area contributed by atoms with E-state index in [1.807, 2.05) is 23.0 Å². The number of hydrogen-bond acceptors (Lipinski definition) is 3. The van der Waals surface area contributed by atoms with Gasteiger partial charge in [-0.15, -0.1) is 0 Å². The van der Waals surface area contributed by atoms with Gasteiger partial charge in [-0.3, -0.25) is 9.48 Å². The minimum absolute atomic E-state index is 0.117. The van der Waals surface area contributed by atoms with E-state index >= 15 is 0 Å². The van der Waals surface area contributed by atoms with E-state index in [4.69, 9.17) is 23.2 Å². The third kappa shape index (κ3) is 4.09. The summed E-state index contributed by atoms with van der Waals surface area (Å²) >= 11 is 12.0. The number of amides is 1. The highest BCUT2D eigenvalue weighted by Crippen LogP contribution is 2.21. The molecular formula is C17H20Cl2N4O. The third-order valence-corrected chi connectivity index (χ3v) is 4.60. The topological polar surface area (TPSA) is 50.2 Å². The standard InChI is InChI=1S/C17H20Cl2N4O/c1-22(11-12-7-13(18)9-14(19)8-12)17(24)16-4-6-23(21-16)15-3-2-5-20-10-15/h4,6-9,15,20H,2-3,5,10-11H2,1H3. The maximum absolute atomic E-state index is 12.6. The van der Waals surface area contributed by atoms with Crippen LogP contribution in [0.1, 0.15) is 34.9 Å². The van der Waals surface area contributed by atoms with Crippen LogP contribution in [0, 0.1) is 0 Å². The molecule has 1 saturated heterocycles. The molecule has 3 rings (SSSR count). The lowest BCUT2D eigenvalue weighted by molar-refractivity contribution is 0.0777. The molecule has 1 aromatic carbocycles. The normalized spacial score (nSPS) is 17.7. The van der Waals surface area contributed by atoms with Crippen molar-refractivity contribution in [3.8, 4) is 0 Å². The molecule has 1 atom stereocenters. The van der Waals surface area contributed by atoms with Crippen LogP contribution < -0.4 is 5.32 Å². The van der Waals surface area contributed by atoms with Crippen molar-refractivity contribution in [3.05, 3.63) is 51.8 Å². The summed E-state index contributed by atoms with van der Waals surface area (Å²) in [6.45, 7) is 2.37. The number of aromatic nitrogens is 2. The Hall–Kier alpha value is -1.56. The fraction of sp³-hybridized carbons (Fsp3) is 0.412. The smallest absolute Gasteiger partial charge is 0.274 e. The molecule has 0 spiro atoms. The first-order valence-electron chi connectivity index (χ1n) is 7.99. The zero-order valence-electron chi connectivity index (χ0n) is 13.5. The van der Waals surface area contributed by atoms with Gasteiger partial charge in [0.25, 0.3) is 5.91 Å². The molecule has 7 heteroatoms. The summed E-state index contributed by atoms with van der Waals surface area (Å²) in [6.07, 6.45) is 4.09.